The van der Waals surface area contributed by atoms with E-state index in [-0.39, 0.29) is 5.91 Å². The van der Waals surface area contributed by atoms with Crippen molar-refractivity contribution in [1.82, 2.24) is 10.2 Å². The molecule has 18 heavy (non-hydrogen) atoms. The predicted octanol–water partition coefficient (Wildman–Crippen LogP) is 1.79. The molecule has 0 aliphatic heterocycles. The average molecular weight is 271 g/mol. The molecule has 1 aromatic carbocycles. The van der Waals surface area contributed by atoms with Crippen LogP contribution in [0.4, 0.5) is 0 Å². The van der Waals surface area contributed by atoms with Gasteiger partial charge in [-0.2, -0.15) is 0 Å². The number of carbonyl (C=O) groups is 1. The lowest BCUT2D eigenvalue weighted by molar-refractivity contribution is -0.121. The molecule has 0 aliphatic rings. The zero-order valence-corrected chi connectivity index (χ0v) is 11.5. The highest BCUT2D eigenvalue weighted by atomic mass is 35.5. The van der Waals surface area contributed by atoms with Gasteiger partial charge in [0, 0.05) is 18.6 Å². The molecule has 4 nitrogen and oxygen atoms in total. The monoisotopic (exact) mass is 270 g/mol. The molecule has 0 heterocycles. The fraction of sp³-hybridized carbons (Fsp3) is 0.462. The van der Waals surface area contributed by atoms with Crippen molar-refractivity contribution < 1.29 is 9.53 Å². The SMILES string of the molecule is CNC(=O)CN(C)CCCOc1ccc(Cl)cc1. The molecule has 1 aromatic rings. The van der Waals surface area contributed by atoms with E-state index in [9.17, 15) is 4.79 Å². The van der Waals surface area contributed by atoms with Gasteiger partial charge in [0.05, 0.1) is 13.2 Å². The molecule has 0 radical (unpaired) electrons. The third-order valence-corrected chi connectivity index (χ3v) is 2.71. The van der Waals surface area contributed by atoms with E-state index in [2.05, 4.69) is 5.32 Å². The Morgan fingerprint density at radius 3 is 2.67 bits per heavy atom. The molecule has 0 spiro atoms. The topological polar surface area (TPSA) is 41.6 Å². The lowest BCUT2D eigenvalue weighted by atomic mass is 10.3. The molecular formula is C13H19ClN2O2. The number of rotatable bonds is 7. The van der Waals surface area contributed by atoms with Crippen molar-refractivity contribution in [1.29, 1.82) is 0 Å². The summed E-state index contributed by atoms with van der Waals surface area (Å²) in [6.45, 7) is 1.86. The van der Waals surface area contributed by atoms with E-state index < -0.39 is 0 Å². The van der Waals surface area contributed by atoms with E-state index in [1.807, 2.05) is 24.1 Å². The van der Waals surface area contributed by atoms with E-state index in [1.54, 1.807) is 19.2 Å². The van der Waals surface area contributed by atoms with Crippen molar-refractivity contribution in [2.24, 2.45) is 0 Å². The second-order valence-electron chi connectivity index (χ2n) is 4.07. The molecule has 100 valence electrons. The zero-order valence-electron chi connectivity index (χ0n) is 10.8. The van der Waals surface area contributed by atoms with Gasteiger partial charge in [0.25, 0.3) is 0 Å². The Kier molecular flexibility index (Phi) is 6.54. The fourth-order valence-electron chi connectivity index (χ4n) is 1.46. The van der Waals surface area contributed by atoms with Gasteiger partial charge in [0.2, 0.25) is 5.91 Å². The molecule has 5 heteroatoms. The Bertz CT molecular complexity index is 368. The first-order valence-electron chi connectivity index (χ1n) is 5.89. The van der Waals surface area contributed by atoms with Crippen LogP contribution in [-0.2, 0) is 4.79 Å². The highest BCUT2D eigenvalue weighted by Gasteiger charge is 2.03. The maximum Gasteiger partial charge on any atom is 0.233 e. The molecule has 0 aliphatic carbocycles. The van der Waals surface area contributed by atoms with Gasteiger partial charge in [-0.3, -0.25) is 9.69 Å². The van der Waals surface area contributed by atoms with Crippen LogP contribution in [0.1, 0.15) is 6.42 Å². The van der Waals surface area contributed by atoms with Crippen LogP contribution >= 0.6 is 11.6 Å². The fourth-order valence-corrected chi connectivity index (χ4v) is 1.58. The summed E-state index contributed by atoms with van der Waals surface area (Å²) in [6.07, 6.45) is 0.871. The van der Waals surface area contributed by atoms with Crippen LogP contribution in [-0.4, -0.2) is 44.6 Å². The molecule has 0 aromatic heterocycles. The molecular weight excluding hydrogens is 252 g/mol. The van der Waals surface area contributed by atoms with Gasteiger partial charge in [-0.1, -0.05) is 11.6 Å². The Balaban J connectivity index is 2.14. The van der Waals surface area contributed by atoms with Crippen molar-refractivity contribution in [3.05, 3.63) is 29.3 Å². The zero-order chi connectivity index (χ0) is 13.4. The molecule has 0 bridgehead atoms. The van der Waals surface area contributed by atoms with E-state index in [1.165, 1.54) is 0 Å². The number of likely N-dealkylation sites (N-methyl/N-ethyl adjacent to an activating group) is 2. The Morgan fingerprint density at radius 1 is 1.39 bits per heavy atom. The van der Waals surface area contributed by atoms with Gasteiger partial charge in [-0.05, 0) is 37.7 Å². The molecule has 0 saturated carbocycles. The largest absolute Gasteiger partial charge is 0.494 e. The summed E-state index contributed by atoms with van der Waals surface area (Å²) in [5, 5.41) is 3.29. The van der Waals surface area contributed by atoms with Crippen molar-refractivity contribution in [3.8, 4) is 5.75 Å². The lowest BCUT2D eigenvalue weighted by Gasteiger charge is -2.15. The quantitative estimate of drug-likeness (QED) is 0.768. The molecule has 0 fully saturated rings. The maximum atomic E-state index is 11.1. The number of nitrogens with one attached hydrogen (secondary N) is 1. The van der Waals surface area contributed by atoms with E-state index in [0.29, 0.717) is 18.2 Å². The minimum Gasteiger partial charge on any atom is -0.494 e. The van der Waals surface area contributed by atoms with Crippen LogP contribution in [0.5, 0.6) is 5.75 Å². The summed E-state index contributed by atoms with van der Waals surface area (Å²) < 4.78 is 5.56. The van der Waals surface area contributed by atoms with Gasteiger partial charge in [0.1, 0.15) is 5.75 Å². The number of carbonyl (C=O) groups excluding carboxylic acids is 1. The van der Waals surface area contributed by atoms with Crippen LogP contribution < -0.4 is 10.1 Å². The third kappa shape index (κ3) is 5.89. The Hall–Kier alpha value is -1.26. The number of halogens is 1. The number of hydrogen-bond acceptors (Lipinski definition) is 3. The van der Waals surface area contributed by atoms with E-state index in [0.717, 1.165) is 18.7 Å². The summed E-state index contributed by atoms with van der Waals surface area (Å²) >= 11 is 5.78. The minimum atomic E-state index is 0.0242. The van der Waals surface area contributed by atoms with Gasteiger partial charge in [-0.15, -0.1) is 0 Å². The van der Waals surface area contributed by atoms with Crippen molar-refractivity contribution >= 4 is 17.5 Å². The maximum absolute atomic E-state index is 11.1. The van der Waals surface area contributed by atoms with Gasteiger partial charge < -0.3 is 10.1 Å². The normalized spacial score (nSPS) is 10.4. The molecule has 1 rings (SSSR count). The van der Waals surface area contributed by atoms with Crippen LogP contribution in [0.25, 0.3) is 0 Å². The standard InChI is InChI=1S/C13H19ClN2O2/c1-15-13(17)10-16(2)8-3-9-18-12-6-4-11(14)5-7-12/h4-7H,3,8-10H2,1-2H3,(H,15,17). The number of amides is 1. The van der Waals surface area contributed by atoms with Crippen LogP contribution in [0.2, 0.25) is 5.02 Å². The first-order valence-corrected chi connectivity index (χ1v) is 6.27. The molecule has 0 saturated heterocycles. The van der Waals surface area contributed by atoms with Crippen molar-refractivity contribution in [3.63, 3.8) is 0 Å². The summed E-state index contributed by atoms with van der Waals surface area (Å²) in [4.78, 5) is 13.1. The summed E-state index contributed by atoms with van der Waals surface area (Å²) in [5.41, 5.74) is 0. The highest BCUT2D eigenvalue weighted by Crippen LogP contribution is 2.15. The van der Waals surface area contributed by atoms with Gasteiger partial charge >= 0.3 is 0 Å². The van der Waals surface area contributed by atoms with Crippen LogP contribution in [0.3, 0.4) is 0 Å². The van der Waals surface area contributed by atoms with Crippen LogP contribution in [0, 0.1) is 0 Å². The van der Waals surface area contributed by atoms with Gasteiger partial charge in [-0.25, -0.2) is 0 Å². The highest BCUT2D eigenvalue weighted by molar-refractivity contribution is 6.30. The third-order valence-electron chi connectivity index (χ3n) is 2.46. The lowest BCUT2D eigenvalue weighted by Crippen LogP contribution is -2.33. The predicted molar refractivity (Wildman–Crippen MR) is 73.1 cm³/mol. The second kappa shape index (κ2) is 7.95. The Labute approximate surface area is 113 Å². The van der Waals surface area contributed by atoms with E-state index in [4.69, 9.17) is 16.3 Å². The van der Waals surface area contributed by atoms with E-state index >= 15 is 0 Å². The summed E-state index contributed by atoms with van der Waals surface area (Å²) in [6, 6.07) is 7.29. The number of ether oxygens (including phenoxy) is 1. The Morgan fingerprint density at radius 2 is 2.06 bits per heavy atom. The smallest absolute Gasteiger partial charge is 0.233 e. The summed E-state index contributed by atoms with van der Waals surface area (Å²) in [7, 11) is 3.55. The number of nitrogens with zero attached hydrogens (tertiary/aromatic N) is 1. The second-order valence-corrected chi connectivity index (χ2v) is 4.50. The van der Waals surface area contributed by atoms with Crippen molar-refractivity contribution in [2.75, 3.05) is 33.8 Å². The minimum absolute atomic E-state index is 0.0242. The number of hydrogen-bond donors (Lipinski definition) is 1. The van der Waals surface area contributed by atoms with Crippen molar-refractivity contribution in [2.45, 2.75) is 6.42 Å². The molecule has 0 unspecified atom stereocenters. The molecule has 0 atom stereocenters. The summed E-state index contributed by atoms with van der Waals surface area (Å²) in [5.74, 6) is 0.837. The molecule has 1 N–H and O–H groups in total. The first kappa shape index (κ1) is 14.8. The molecule has 1 amide bonds. The average Bonchev–Trinajstić information content (AvgIpc) is 2.36. The van der Waals surface area contributed by atoms with Gasteiger partial charge in [0.15, 0.2) is 0 Å². The van der Waals surface area contributed by atoms with Crippen LogP contribution in [0.15, 0.2) is 24.3 Å². The number of benzene rings is 1. The first-order chi connectivity index (χ1) is 8.61.